The molecule has 2 nitrogen and oxygen atoms in total. The fourth-order valence-electron chi connectivity index (χ4n) is 3.21. The fourth-order valence-corrected chi connectivity index (χ4v) is 3.21. The number of hydrogen-bond acceptors (Lipinski definition) is 2. The van der Waals surface area contributed by atoms with Crippen molar-refractivity contribution in [2.24, 2.45) is 5.92 Å². The van der Waals surface area contributed by atoms with Gasteiger partial charge >= 0.3 is 0 Å². The van der Waals surface area contributed by atoms with Crippen LogP contribution in [-0.2, 0) is 0 Å². The molecule has 1 atom stereocenters. The minimum Gasteiger partial charge on any atom is -0.395 e. The molecule has 2 fully saturated rings. The molecule has 15 heavy (non-hydrogen) atoms. The average molecular weight is 211 g/mol. The van der Waals surface area contributed by atoms with Crippen molar-refractivity contribution >= 4 is 0 Å². The molecule has 0 aromatic heterocycles. The van der Waals surface area contributed by atoms with Crippen LogP contribution in [0.25, 0.3) is 0 Å². The first-order valence-electron chi connectivity index (χ1n) is 6.75. The number of aliphatic hydroxyl groups excluding tert-OH is 1. The van der Waals surface area contributed by atoms with E-state index in [9.17, 15) is 5.11 Å². The zero-order valence-corrected chi connectivity index (χ0v) is 9.83. The molecule has 2 aliphatic rings. The van der Waals surface area contributed by atoms with Gasteiger partial charge in [-0.15, -0.1) is 0 Å². The van der Waals surface area contributed by atoms with Gasteiger partial charge < -0.3 is 5.11 Å². The third-order valence-corrected chi connectivity index (χ3v) is 4.18. The standard InChI is InChI=1S/C13H25NO/c15-11-13-8-4-5-9-14(13)10-12-6-2-1-3-7-12/h12-13,15H,1-11H2/t13-/m0/s1. The molecule has 2 heteroatoms. The summed E-state index contributed by atoms with van der Waals surface area (Å²) in [5, 5.41) is 9.35. The van der Waals surface area contributed by atoms with Crippen molar-refractivity contribution in [2.75, 3.05) is 19.7 Å². The fraction of sp³-hybridized carbons (Fsp3) is 1.00. The van der Waals surface area contributed by atoms with Gasteiger partial charge in [0.15, 0.2) is 0 Å². The summed E-state index contributed by atoms with van der Waals surface area (Å²) >= 11 is 0. The minimum atomic E-state index is 0.368. The van der Waals surface area contributed by atoms with Gasteiger partial charge in [0.2, 0.25) is 0 Å². The van der Waals surface area contributed by atoms with Crippen molar-refractivity contribution in [3.63, 3.8) is 0 Å². The van der Waals surface area contributed by atoms with Gasteiger partial charge in [-0.05, 0) is 38.1 Å². The second kappa shape index (κ2) is 5.86. The largest absolute Gasteiger partial charge is 0.395 e. The summed E-state index contributed by atoms with van der Waals surface area (Å²) < 4.78 is 0. The summed E-state index contributed by atoms with van der Waals surface area (Å²) in [5.74, 6) is 0.922. The summed E-state index contributed by atoms with van der Waals surface area (Å²) in [5.41, 5.74) is 0. The van der Waals surface area contributed by atoms with Crippen LogP contribution in [0.15, 0.2) is 0 Å². The number of aliphatic hydroxyl groups is 1. The van der Waals surface area contributed by atoms with Crippen LogP contribution in [0.1, 0.15) is 51.4 Å². The van der Waals surface area contributed by atoms with Crippen molar-refractivity contribution < 1.29 is 5.11 Å². The lowest BCUT2D eigenvalue weighted by Crippen LogP contribution is -2.44. The summed E-state index contributed by atoms with van der Waals surface area (Å²) in [7, 11) is 0. The lowest BCUT2D eigenvalue weighted by Gasteiger charge is -2.37. The highest BCUT2D eigenvalue weighted by Crippen LogP contribution is 2.27. The Morgan fingerprint density at radius 2 is 1.67 bits per heavy atom. The molecule has 1 heterocycles. The molecule has 0 bridgehead atoms. The van der Waals surface area contributed by atoms with E-state index in [0.717, 1.165) is 5.92 Å². The highest BCUT2D eigenvalue weighted by atomic mass is 16.3. The molecule has 0 spiro atoms. The molecular formula is C13H25NO. The van der Waals surface area contributed by atoms with Crippen molar-refractivity contribution in [3.05, 3.63) is 0 Å². The first-order valence-corrected chi connectivity index (χ1v) is 6.75. The second-order valence-corrected chi connectivity index (χ2v) is 5.33. The smallest absolute Gasteiger partial charge is 0.0586 e. The zero-order valence-electron chi connectivity index (χ0n) is 9.83. The maximum Gasteiger partial charge on any atom is 0.0586 e. The van der Waals surface area contributed by atoms with E-state index in [1.165, 1.54) is 64.5 Å². The lowest BCUT2D eigenvalue weighted by molar-refractivity contribution is 0.0697. The number of rotatable bonds is 3. The molecule has 0 unspecified atom stereocenters. The zero-order chi connectivity index (χ0) is 10.5. The van der Waals surface area contributed by atoms with Crippen LogP contribution in [0.4, 0.5) is 0 Å². The first-order chi connectivity index (χ1) is 7.40. The van der Waals surface area contributed by atoms with Crippen molar-refractivity contribution in [1.82, 2.24) is 4.90 Å². The quantitative estimate of drug-likeness (QED) is 0.775. The van der Waals surface area contributed by atoms with E-state index < -0.39 is 0 Å². The van der Waals surface area contributed by atoms with Crippen LogP contribution < -0.4 is 0 Å². The molecular weight excluding hydrogens is 186 g/mol. The molecule has 1 saturated carbocycles. The molecule has 0 amide bonds. The van der Waals surface area contributed by atoms with E-state index in [4.69, 9.17) is 0 Å². The van der Waals surface area contributed by atoms with Gasteiger partial charge in [-0.3, -0.25) is 4.90 Å². The maximum atomic E-state index is 9.35. The summed E-state index contributed by atoms with van der Waals surface area (Å²) in [6, 6.07) is 0.473. The van der Waals surface area contributed by atoms with E-state index in [1.807, 2.05) is 0 Å². The van der Waals surface area contributed by atoms with Gasteiger partial charge in [0.05, 0.1) is 6.61 Å². The van der Waals surface area contributed by atoms with Gasteiger partial charge in [-0.1, -0.05) is 25.7 Å². The van der Waals surface area contributed by atoms with E-state index in [0.29, 0.717) is 12.6 Å². The Labute approximate surface area is 93.7 Å². The van der Waals surface area contributed by atoms with E-state index in [1.54, 1.807) is 0 Å². The van der Waals surface area contributed by atoms with E-state index in [-0.39, 0.29) is 0 Å². The Morgan fingerprint density at radius 3 is 2.40 bits per heavy atom. The van der Waals surface area contributed by atoms with E-state index in [2.05, 4.69) is 4.90 Å². The molecule has 2 rings (SSSR count). The second-order valence-electron chi connectivity index (χ2n) is 5.33. The molecule has 1 saturated heterocycles. The number of nitrogens with zero attached hydrogens (tertiary/aromatic N) is 1. The van der Waals surface area contributed by atoms with Gasteiger partial charge in [0, 0.05) is 12.6 Å². The molecule has 0 aromatic carbocycles. The highest BCUT2D eigenvalue weighted by molar-refractivity contribution is 4.79. The molecule has 1 aliphatic heterocycles. The average Bonchev–Trinajstić information content (AvgIpc) is 2.31. The van der Waals surface area contributed by atoms with Gasteiger partial charge in [0.25, 0.3) is 0 Å². The van der Waals surface area contributed by atoms with Crippen molar-refractivity contribution in [1.29, 1.82) is 0 Å². The molecule has 1 aliphatic carbocycles. The topological polar surface area (TPSA) is 23.5 Å². The monoisotopic (exact) mass is 211 g/mol. The van der Waals surface area contributed by atoms with Crippen LogP contribution in [0.5, 0.6) is 0 Å². The maximum absolute atomic E-state index is 9.35. The third kappa shape index (κ3) is 3.18. The predicted octanol–water partition coefficient (Wildman–Crippen LogP) is 2.41. The van der Waals surface area contributed by atoms with Crippen LogP contribution in [0.2, 0.25) is 0 Å². The molecule has 88 valence electrons. The van der Waals surface area contributed by atoms with Crippen LogP contribution in [0, 0.1) is 5.92 Å². The SMILES string of the molecule is OC[C@@H]1CCCCN1CC1CCCCC1. The Morgan fingerprint density at radius 1 is 0.933 bits per heavy atom. The minimum absolute atomic E-state index is 0.368. The Bertz CT molecular complexity index is 177. The van der Waals surface area contributed by atoms with Gasteiger partial charge in [-0.25, -0.2) is 0 Å². The number of hydrogen-bond donors (Lipinski definition) is 1. The predicted molar refractivity (Wildman–Crippen MR) is 62.9 cm³/mol. The normalized spacial score (nSPS) is 30.6. The van der Waals surface area contributed by atoms with Crippen LogP contribution in [-0.4, -0.2) is 35.7 Å². The van der Waals surface area contributed by atoms with Crippen LogP contribution in [0.3, 0.4) is 0 Å². The van der Waals surface area contributed by atoms with Crippen LogP contribution >= 0.6 is 0 Å². The lowest BCUT2D eigenvalue weighted by atomic mass is 9.88. The van der Waals surface area contributed by atoms with E-state index >= 15 is 0 Å². The number of piperidine rings is 1. The summed E-state index contributed by atoms with van der Waals surface area (Å²) in [4.78, 5) is 2.56. The van der Waals surface area contributed by atoms with Gasteiger partial charge in [-0.2, -0.15) is 0 Å². The Kier molecular flexibility index (Phi) is 4.45. The molecule has 1 N–H and O–H groups in total. The third-order valence-electron chi connectivity index (χ3n) is 4.18. The Hall–Kier alpha value is -0.0800. The van der Waals surface area contributed by atoms with Crippen molar-refractivity contribution in [2.45, 2.75) is 57.4 Å². The first kappa shape index (κ1) is 11.4. The molecule has 0 radical (unpaired) electrons. The highest BCUT2D eigenvalue weighted by Gasteiger charge is 2.24. The van der Waals surface area contributed by atoms with Gasteiger partial charge in [0.1, 0.15) is 0 Å². The Balaban J connectivity index is 1.79. The summed E-state index contributed by atoms with van der Waals surface area (Å²) in [6.45, 7) is 2.85. The number of likely N-dealkylation sites (tertiary alicyclic amines) is 1. The molecule has 0 aromatic rings. The van der Waals surface area contributed by atoms with Crippen molar-refractivity contribution in [3.8, 4) is 0 Å². The summed E-state index contributed by atoms with van der Waals surface area (Å²) in [6.07, 6.45) is 11.0.